The van der Waals surface area contributed by atoms with Gasteiger partial charge in [-0.2, -0.15) is 0 Å². The van der Waals surface area contributed by atoms with Crippen molar-refractivity contribution in [2.24, 2.45) is 0 Å². The van der Waals surface area contributed by atoms with Crippen molar-refractivity contribution in [3.05, 3.63) is 35.4 Å². The second-order valence-corrected chi connectivity index (χ2v) is 6.98. The topological polar surface area (TPSA) is 12.5 Å². The molecule has 1 aliphatic heterocycles. The fourth-order valence-corrected chi connectivity index (χ4v) is 2.78. The van der Waals surface area contributed by atoms with Crippen molar-refractivity contribution in [3.8, 4) is 0 Å². The van der Waals surface area contributed by atoms with Crippen molar-refractivity contribution in [1.82, 2.24) is 4.90 Å². The minimum atomic E-state index is 0.235. The van der Waals surface area contributed by atoms with Crippen LogP contribution in [0.1, 0.15) is 31.9 Å². The minimum absolute atomic E-state index is 0.235. The molecule has 0 bridgehead atoms. The molecule has 0 amide bonds. The molecule has 1 aromatic rings. The largest absolute Gasteiger partial charge is 0.375 e. The smallest absolute Gasteiger partial charge is 0.0799 e. The number of nitrogens with zero attached hydrogens (tertiary/aromatic N) is 1. The Hall–Kier alpha value is -0.380. The van der Waals surface area contributed by atoms with E-state index in [4.69, 9.17) is 4.74 Å². The van der Waals surface area contributed by atoms with Gasteiger partial charge in [0.15, 0.2) is 0 Å². The third-order valence-corrected chi connectivity index (χ3v) is 4.34. The highest BCUT2D eigenvalue weighted by Gasteiger charge is 2.19. The van der Waals surface area contributed by atoms with Crippen LogP contribution in [0, 0.1) is 0 Å². The summed E-state index contributed by atoms with van der Waals surface area (Å²) < 4.78 is 5.67. The first-order valence-electron chi connectivity index (χ1n) is 6.98. The van der Waals surface area contributed by atoms with Crippen LogP contribution in [0.25, 0.3) is 0 Å². The number of alkyl halides is 1. The molecule has 0 aliphatic carbocycles. The van der Waals surface area contributed by atoms with Crippen molar-refractivity contribution in [1.29, 1.82) is 0 Å². The fraction of sp³-hybridized carbons (Fsp3) is 0.625. The monoisotopic (exact) mass is 325 g/mol. The quantitative estimate of drug-likeness (QED) is 0.787. The number of morpholine rings is 1. The molecule has 19 heavy (non-hydrogen) atoms. The highest BCUT2D eigenvalue weighted by molar-refractivity contribution is 9.09. The van der Waals surface area contributed by atoms with E-state index in [1.165, 1.54) is 11.1 Å². The number of hydrogen-bond donors (Lipinski definition) is 0. The van der Waals surface area contributed by atoms with E-state index in [1.807, 2.05) is 0 Å². The third kappa shape index (κ3) is 4.30. The summed E-state index contributed by atoms with van der Waals surface area (Å²) in [6.07, 6.45) is 0.336. The lowest BCUT2D eigenvalue weighted by Crippen LogP contribution is -2.42. The second kappa shape index (κ2) is 6.38. The van der Waals surface area contributed by atoms with Crippen molar-refractivity contribution in [3.63, 3.8) is 0 Å². The summed E-state index contributed by atoms with van der Waals surface area (Å²) in [5.74, 6) is 0. The van der Waals surface area contributed by atoms with E-state index in [0.29, 0.717) is 6.10 Å². The van der Waals surface area contributed by atoms with Gasteiger partial charge in [-0.25, -0.2) is 0 Å². The van der Waals surface area contributed by atoms with Gasteiger partial charge in [0.2, 0.25) is 0 Å². The van der Waals surface area contributed by atoms with Crippen molar-refractivity contribution in [2.75, 3.05) is 25.0 Å². The molecular formula is C16H24BrNO. The minimum Gasteiger partial charge on any atom is -0.375 e. The summed E-state index contributed by atoms with van der Waals surface area (Å²) in [6, 6.07) is 9.05. The fourth-order valence-electron chi connectivity index (χ4n) is 2.39. The van der Waals surface area contributed by atoms with Gasteiger partial charge in [0.1, 0.15) is 0 Å². The predicted molar refractivity (Wildman–Crippen MR) is 84.0 cm³/mol. The summed E-state index contributed by atoms with van der Waals surface area (Å²) in [7, 11) is 0. The summed E-state index contributed by atoms with van der Waals surface area (Å²) in [5, 5.41) is 0.923. The van der Waals surface area contributed by atoms with Gasteiger partial charge in [0.05, 0.1) is 12.7 Å². The number of halogens is 1. The van der Waals surface area contributed by atoms with E-state index >= 15 is 0 Å². The van der Waals surface area contributed by atoms with E-state index in [2.05, 4.69) is 65.9 Å². The Morgan fingerprint density at radius 3 is 2.53 bits per heavy atom. The van der Waals surface area contributed by atoms with Gasteiger partial charge in [-0.1, -0.05) is 61.0 Å². The average Bonchev–Trinajstić information content (AvgIpc) is 2.38. The predicted octanol–water partition coefficient (Wildman–Crippen LogP) is 3.58. The van der Waals surface area contributed by atoms with Gasteiger partial charge in [0, 0.05) is 25.0 Å². The number of benzene rings is 1. The third-order valence-electron chi connectivity index (χ3n) is 3.62. The molecule has 2 rings (SSSR count). The second-order valence-electron chi connectivity index (χ2n) is 6.33. The van der Waals surface area contributed by atoms with Gasteiger partial charge >= 0.3 is 0 Å². The lowest BCUT2D eigenvalue weighted by molar-refractivity contribution is -0.0181. The van der Waals surface area contributed by atoms with Crippen molar-refractivity contribution in [2.45, 2.75) is 38.8 Å². The molecule has 2 nitrogen and oxygen atoms in total. The van der Waals surface area contributed by atoms with Gasteiger partial charge < -0.3 is 4.74 Å². The van der Waals surface area contributed by atoms with Crippen LogP contribution in [0.4, 0.5) is 0 Å². The van der Waals surface area contributed by atoms with E-state index < -0.39 is 0 Å². The van der Waals surface area contributed by atoms with E-state index in [9.17, 15) is 0 Å². The summed E-state index contributed by atoms with van der Waals surface area (Å²) in [5.41, 5.74) is 3.03. The van der Waals surface area contributed by atoms with E-state index in [0.717, 1.165) is 31.6 Å². The van der Waals surface area contributed by atoms with Gasteiger partial charge in [0.25, 0.3) is 0 Å². The number of rotatable bonds is 3. The summed E-state index contributed by atoms with van der Waals surface area (Å²) in [4.78, 5) is 2.47. The van der Waals surface area contributed by atoms with Gasteiger partial charge in [-0.15, -0.1) is 0 Å². The van der Waals surface area contributed by atoms with Crippen LogP contribution in [0.15, 0.2) is 24.3 Å². The number of ether oxygens (including phenoxy) is 1. The zero-order valence-electron chi connectivity index (χ0n) is 12.2. The molecule has 1 aromatic carbocycles. The van der Waals surface area contributed by atoms with E-state index in [1.54, 1.807) is 0 Å². The Kier molecular flexibility index (Phi) is 5.04. The molecule has 0 aromatic heterocycles. The van der Waals surface area contributed by atoms with Gasteiger partial charge in [-0.05, 0) is 16.5 Å². The molecule has 0 spiro atoms. The van der Waals surface area contributed by atoms with Crippen molar-refractivity contribution >= 4 is 15.9 Å². The first-order valence-corrected chi connectivity index (χ1v) is 8.10. The SMILES string of the molecule is CC(C)(C)c1ccc(CN2CCOC(CBr)C2)cc1. The zero-order chi connectivity index (χ0) is 13.9. The van der Waals surface area contributed by atoms with Gasteiger partial charge in [-0.3, -0.25) is 4.90 Å². The molecule has 0 saturated carbocycles. The van der Waals surface area contributed by atoms with Crippen LogP contribution < -0.4 is 0 Å². The highest BCUT2D eigenvalue weighted by atomic mass is 79.9. The molecule has 0 N–H and O–H groups in total. The molecule has 106 valence electrons. The van der Waals surface area contributed by atoms with Crippen LogP contribution in [-0.4, -0.2) is 36.0 Å². The number of hydrogen-bond acceptors (Lipinski definition) is 2. The Morgan fingerprint density at radius 2 is 1.95 bits per heavy atom. The summed E-state index contributed by atoms with van der Waals surface area (Å²) >= 11 is 3.50. The molecule has 3 heteroatoms. The summed E-state index contributed by atoms with van der Waals surface area (Å²) in [6.45, 7) is 10.7. The van der Waals surface area contributed by atoms with Crippen molar-refractivity contribution < 1.29 is 4.74 Å². The van der Waals surface area contributed by atoms with Crippen LogP contribution in [0.3, 0.4) is 0 Å². The Morgan fingerprint density at radius 1 is 1.26 bits per heavy atom. The maximum atomic E-state index is 5.67. The molecule has 1 fully saturated rings. The molecular weight excluding hydrogens is 302 g/mol. The van der Waals surface area contributed by atoms with E-state index in [-0.39, 0.29) is 5.41 Å². The lowest BCUT2D eigenvalue weighted by atomic mass is 9.87. The first-order chi connectivity index (χ1) is 8.99. The highest BCUT2D eigenvalue weighted by Crippen LogP contribution is 2.22. The van der Waals surface area contributed by atoms with Crippen LogP contribution in [0.2, 0.25) is 0 Å². The molecule has 1 unspecified atom stereocenters. The van der Waals surface area contributed by atoms with Crippen LogP contribution >= 0.6 is 15.9 Å². The first kappa shape index (κ1) is 15.0. The maximum Gasteiger partial charge on any atom is 0.0799 e. The van der Waals surface area contributed by atoms with Crippen LogP contribution in [-0.2, 0) is 16.7 Å². The molecule has 1 aliphatic rings. The molecule has 1 heterocycles. The molecule has 1 atom stereocenters. The zero-order valence-corrected chi connectivity index (χ0v) is 13.7. The lowest BCUT2D eigenvalue weighted by Gasteiger charge is -2.32. The Bertz CT molecular complexity index is 396. The standard InChI is InChI=1S/C16H24BrNO/c1-16(2,3)14-6-4-13(5-7-14)11-18-8-9-19-15(10-17)12-18/h4-7,15H,8-12H2,1-3H3. The Balaban J connectivity index is 1.96. The van der Waals surface area contributed by atoms with Crippen LogP contribution in [0.5, 0.6) is 0 Å². The Labute approximate surface area is 125 Å². The maximum absolute atomic E-state index is 5.67. The normalized spacial score (nSPS) is 21.6. The molecule has 1 saturated heterocycles. The molecule has 0 radical (unpaired) electrons. The average molecular weight is 326 g/mol.